The third-order valence-corrected chi connectivity index (χ3v) is 6.13. The van der Waals surface area contributed by atoms with Crippen LogP contribution in [0.4, 0.5) is 0 Å². The minimum atomic E-state index is -0.883. The summed E-state index contributed by atoms with van der Waals surface area (Å²) in [6, 6.07) is 22.0. The van der Waals surface area contributed by atoms with Gasteiger partial charge in [0.2, 0.25) is 5.82 Å². The van der Waals surface area contributed by atoms with Crippen LogP contribution in [-0.4, -0.2) is 53.4 Å². The van der Waals surface area contributed by atoms with Crippen LogP contribution in [0.25, 0.3) is 34.0 Å². The molecule has 3 aromatic carbocycles. The summed E-state index contributed by atoms with van der Waals surface area (Å²) in [5.74, 6) is 0.0723. The lowest BCUT2D eigenvalue weighted by Gasteiger charge is -2.26. The summed E-state index contributed by atoms with van der Waals surface area (Å²) in [6.07, 6.45) is 0. The van der Waals surface area contributed by atoms with Gasteiger partial charge in [0.1, 0.15) is 0 Å². The number of ether oxygens (including phenoxy) is 1. The molecule has 0 bridgehead atoms. The molecule has 4 rings (SSSR count). The van der Waals surface area contributed by atoms with Gasteiger partial charge in [-0.1, -0.05) is 59.8 Å². The Bertz CT molecular complexity index is 1310. The molecule has 1 heterocycles. The van der Waals surface area contributed by atoms with Gasteiger partial charge in [-0.3, -0.25) is 9.69 Å². The van der Waals surface area contributed by atoms with Crippen LogP contribution in [0, 0.1) is 13.8 Å². The zero-order valence-electron chi connectivity index (χ0n) is 20.4. The molecule has 35 heavy (non-hydrogen) atoms. The van der Waals surface area contributed by atoms with Gasteiger partial charge in [0.25, 0.3) is 5.89 Å². The van der Waals surface area contributed by atoms with Gasteiger partial charge in [0.05, 0.1) is 19.2 Å². The number of nitrogens with zero attached hydrogens (tertiary/aromatic N) is 3. The van der Waals surface area contributed by atoms with E-state index in [-0.39, 0.29) is 12.6 Å². The number of likely N-dealkylation sites (N-methyl/N-ethyl adjacent to an activating group) is 1. The maximum Gasteiger partial charge on any atom is 0.317 e. The van der Waals surface area contributed by atoms with Crippen molar-refractivity contribution in [3.63, 3.8) is 0 Å². The summed E-state index contributed by atoms with van der Waals surface area (Å²) >= 11 is 0. The van der Waals surface area contributed by atoms with E-state index < -0.39 is 5.97 Å². The van der Waals surface area contributed by atoms with Gasteiger partial charge in [-0.25, -0.2) is 0 Å². The molecule has 0 fully saturated rings. The molecule has 7 heteroatoms. The SMILES string of the molecule is COCC(c1ccc(-c2noc(-c3ccc(-c4ccccc4C)c(C)c3)n2)cc1)N(C)CC(=O)O. The Labute approximate surface area is 205 Å². The molecule has 0 saturated carbocycles. The number of carboxylic acids is 1. The average molecular weight is 472 g/mol. The number of aliphatic carboxylic acids is 1. The normalized spacial score (nSPS) is 12.1. The van der Waals surface area contributed by atoms with E-state index in [0.29, 0.717) is 18.3 Å². The maximum atomic E-state index is 11.1. The van der Waals surface area contributed by atoms with E-state index in [1.807, 2.05) is 42.5 Å². The third kappa shape index (κ3) is 5.48. The highest BCUT2D eigenvalue weighted by atomic mass is 16.5. The van der Waals surface area contributed by atoms with Crippen molar-refractivity contribution in [2.24, 2.45) is 0 Å². The molecule has 7 nitrogen and oxygen atoms in total. The highest BCUT2D eigenvalue weighted by molar-refractivity contribution is 5.73. The van der Waals surface area contributed by atoms with E-state index >= 15 is 0 Å². The first-order valence-electron chi connectivity index (χ1n) is 11.4. The summed E-state index contributed by atoms with van der Waals surface area (Å²) in [5, 5.41) is 13.3. The topological polar surface area (TPSA) is 88.7 Å². The fraction of sp³-hybridized carbons (Fsp3) is 0.250. The lowest BCUT2D eigenvalue weighted by atomic mass is 9.95. The van der Waals surface area contributed by atoms with E-state index in [1.54, 1.807) is 19.1 Å². The van der Waals surface area contributed by atoms with E-state index in [9.17, 15) is 4.79 Å². The molecule has 180 valence electrons. The molecule has 1 aromatic heterocycles. The molecule has 1 N–H and O–H groups in total. The summed E-state index contributed by atoms with van der Waals surface area (Å²) in [4.78, 5) is 17.5. The minimum Gasteiger partial charge on any atom is -0.480 e. The Kier molecular flexibility index (Phi) is 7.39. The number of methoxy groups -OCH3 is 1. The molecule has 0 aliphatic carbocycles. The van der Waals surface area contributed by atoms with Crippen LogP contribution in [0.15, 0.2) is 71.3 Å². The van der Waals surface area contributed by atoms with Gasteiger partial charge < -0.3 is 14.4 Å². The fourth-order valence-electron chi connectivity index (χ4n) is 4.25. The van der Waals surface area contributed by atoms with Crippen LogP contribution in [-0.2, 0) is 9.53 Å². The molecule has 4 aromatic rings. The zero-order chi connectivity index (χ0) is 24.9. The van der Waals surface area contributed by atoms with Gasteiger partial charge in [-0.2, -0.15) is 4.98 Å². The summed E-state index contributed by atoms with van der Waals surface area (Å²) in [5.41, 5.74) is 7.39. The van der Waals surface area contributed by atoms with Gasteiger partial charge in [0, 0.05) is 18.2 Å². The van der Waals surface area contributed by atoms with Crippen LogP contribution in [0.5, 0.6) is 0 Å². The van der Waals surface area contributed by atoms with Crippen molar-refractivity contribution in [1.29, 1.82) is 0 Å². The molecular weight excluding hydrogens is 442 g/mol. The first kappa shape index (κ1) is 24.3. The molecule has 0 aliphatic heterocycles. The molecule has 0 amide bonds. The van der Waals surface area contributed by atoms with Crippen molar-refractivity contribution in [1.82, 2.24) is 15.0 Å². The highest BCUT2D eigenvalue weighted by Gasteiger charge is 2.20. The fourth-order valence-corrected chi connectivity index (χ4v) is 4.25. The van der Waals surface area contributed by atoms with Crippen molar-refractivity contribution in [3.8, 4) is 34.0 Å². The van der Waals surface area contributed by atoms with Gasteiger partial charge in [-0.05, 0) is 60.8 Å². The van der Waals surface area contributed by atoms with Gasteiger partial charge >= 0.3 is 5.97 Å². The van der Waals surface area contributed by atoms with E-state index in [4.69, 9.17) is 14.4 Å². The predicted octanol–water partition coefficient (Wildman–Crippen LogP) is 5.39. The molecule has 1 atom stereocenters. The van der Waals surface area contributed by atoms with Crippen LogP contribution in [0.2, 0.25) is 0 Å². The number of carboxylic acid groups (broad SMARTS) is 1. The summed E-state index contributed by atoms with van der Waals surface area (Å²) in [6.45, 7) is 4.50. The minimum absolute atomic E-state index is 0.0774. The van der Waals surface area contributed by atoms with Crippen LogP contribution in [0.3, 0.4) is 0 Å². The number of carbonyl (C=O) groups is 1. The Morgan fingerprint density at radius 1 is 1.00 bits per heavy atom. The van der Waals surface area contributed by atoms with Crippen molar-refractivity contribution in [2.75, 3.05) is 27.3 Å². The summed E-state index contributed by atoms with van der Waals surface area (Å²) < 4.78 is 10.9. The number of aryl methyl sites for hydroxylation is 2. The van der Waals surface area contributed by atoms with E-state index in [1.165, 1.54) is 16.7 Å². The van der Waals surface area contributed by atoms with E-state index in [2.05, 4.69) is 48.3 Å². The second-order valence-electron chi connectivity index (χ2n) is 8.67. The lowest BCUT2D eigenvalue weighted by molar-refractivity contribution is -0.138. The number of aromatic nitrogens is 2. The number of rotatable bonds is 9. The van der Waals surface area contributed by atoms with Crippen molar-refractivity contribution >= 4 is 5.97 Å². The average Bonchev–Trinajstić information content (AvgIpc) is 3.33. The molecule has 0 aliphatic rings. The molecule has 0 saturated heterocycles. The van der Waals surface area contributed by atoms with Crippen molar-refractivity contribution in [3.05, 3.63) is 83.4 Å². The zero-order valence-corrected chi connectivity index (χ0v) is 20.4. The predicted molar refractivity (Wildman–Crippen MR) is 135 cm³/mol. The summed E-state index contributed by atoms with van der Waals surface area (Å²) in [7, 11) is 3.37. The van der Waals surface area contributed by atoms with Crippen molar-refractivity contribution < 1.29 is 19.2 Å². The van der Waals surface area contributed by atoms with E-state index in [0.717, 1.165) is 22.3 Å². The number of hydrogen-bond acceptors (Lipinski definition) is 6. The second kappa shape index (κ2) is 10.6. The van der Waals surface area contributed by atoms with Crippen molar-refractivity contribution in [2.45, 2.75) is 19.9 Å². The largest absolute Gasteiger partial charge is 0.480 e. The molecule has 1 unspecified atom stereocenters. The first-order valence-corrected chi connectivity index (χ1v) is 11.4. The van der Waals surface area contributed by atoms with Gasteiger partial charge in [0.15, 0.2) is 0 Å². The maximum absolute atomic E-state index is 11.1. The monoisotopic (exact) mass is 471 g/mol. The Morgan fingerprint density at radius 2 is 1.69 bits per heavy atom. The highest BCUT2D eigenvalue weighted by Crippen LogP contribution is 2.31. The first-order chi connectivity index (χ1) is 16.9. The molecule has 0 spiro atoms. The third-order valence-electron chi connectivity index (χ3n) is 6.13. The smallest absolute Gasteiger partial charge is 0.317 e. The van der Waals surface area contributed by atoms with Crippen LogP contribution in [0.1, 0.15) is 22.7 Å². The second-order valence-corrected chi connectivity index (χ2v) is 8.67. The lowest BCUT2D eigenvalue weighted by Crippen LogP contribution is -2.32. The van der Waals surface area contributed by atoms with Gasteiger partial charge in [-0.15, -0.1) is 0 Å². The standard InChI is InChI=1S/C28H29N3O4/c1-18-7-5-6-8-23(18)24-14-13-22(15-19(24)2)28-29-27(30-35-28)21-11-9-20(10-12-21)25(17-34-4)31(3)16-26(32)33/h5-15,25H,16-17H2,1-4H3,(H,32,33). The molecular formula is C28H29N3O4. The van der Waals surface area contributed by atoms with Crippen LogP contribution >= 0.6 is 0 Å². The Balaban J connectivity index is 1.55. The molecule has 0 radical (unpaired) electrons. The quantitative estimate of drug-likeness (QED) is 0.350. The Hall–Kier alpha value is -3.81. The number of hydrogen-bond donors (Lipinski definition) is 1. The van der Waals surface area contributed by atoms with Crippen LogP contribution < -0.4 is 0 Å². The Morgan fingerprint density at radius 3 is 2.34 bits per heavy atom. The number of benzene rings is 3.